The van der Waals surface area contributed by atoms with Crippen LogP contribution in [0.2, 0.25) is 0 Å². The maximum atomic E-state index is 13.5. The molecule has 1 aliphatic heterocycles. The van der Waals surface area contributed by atoms with Gasteiger partial charge < -0.3 is 4.74 Å². The predicted molar refractivity (Wildman–Crippen MR) is 129 cm³/mol. The number of rotatable bonds is 7. The van der Waals surface area contributed by atoms with Crippen LogP contribution in [-0.2, 0) is 10.0 Å². The second-order valence-electron chi connectivity index (χ2n) is 7.67. The Morgan fingerprint density at radius 1 is 1.03 bits per heavy atom. The zero-order valence-electron chi connectivity index (χ0n) is 18.4. The van der Waals surface area contributed by atoms with Crippen molar-refractivity contribution in [2.75, 3.05) is 17.6 Å². The summed E-state index contributed by atoms with van der Waals surface area (Å²) in [5.41, 5.74) is 3.02. The van der Waals surface area contributed by atoms with Crippen molar-refractivity contribution in [3.63, 3.8) is 0 Å². The monoisotopic (exact) mass is 463 g/mol. The van der Waals surface area contributed by atoms with Crippen molar-refractivity contribution in [1.29, 1.82) is 0 Å². The molecule has 3 aromatic carbocycles. The van der Waals surface area contributed by atoms with Gasteiger partial charge in [0.05, 0.1) is 30.3 Å². The molecule has 0 spiro atoms. The van der Waals surface area contributed by atoms with Crippen LogP contribution in [-0.4, -0.2) is 37.9 Å². The molecule has 0 aromatic heterocycles. The number of nitrogens with one attached hydrogen (secondary N) is 1. The molecular formula is C25H25N3O4S. The molecule has 0 aliphatic carbocycles. The Hall–Kier alpha value is -3.65. The number of hydrogen-bond donors (Lipinski definition) is 1. The fraction of sp³-hybridized carbons (Fsp3) is 0.200. The van der Waals surface area contributed by atoms with Gasteiger partial charge in [-0.15, -0.1) is 0 Å². The smallest absolute Gasteiger partial charge is 0.274 e. The minimum atomic E-state index is -3.49. The lowest BCUT2D eigenvalue weighted by atomic mass is 9.96. The summed E-state index contributed by atoms with van der Waals surface area (Å²) in [7, 11) is -3.49. The molecule has 1 N–H and O–H groups in total. The van der Waals surface area contributed by atoms with Crippen LogP contribution in [0, 0.1) is 0 Å². The molecule has 0 bridgehead atoms. The van der Waals surface area contributed by atoms with Gasteiger partial charge in [-0.2, -0.15) is 5.10 Å². The second kappa shape index (κ2) is 9.46. The molecule has 1 amide bonds. The fourth-order valence-corrected chi connectivity index (χ4v) is 4.46. The number of nitrogens with zero attached hydrogens (tertiary/aromatic N) is 2. The number of carbonyl (C=O) groups is 1. The Morgan fingerprint density at radius 3 is 2.42 bits per heavy atom. The Bertz CT molecular complexity index is 1290. The molecule has 1 atom stereocenters. The normalized spacial score (nSPS) is 15.8. The minimum absolute atomic E-state index is 0.240. The van der Waals surface area contributed by atoms with Crippen LogP contribution in [0.15, 0.2) is 84.0 Å². The van der Waals surface area contributed by atoms with E-state index in [1.54, 1.807) is 30.3 Å². The van der Waals surface area contributed by atoms with E-state index >= 15 is 0 Å². The lowest BCUT2D eigenvalue weighted by molar-refractivity contribution is 0.0709. The van der Waals surface area contributed by atoms with Gasteiger partial charge in [-0.25, -0.2) is 13.4 Å². The topological polar surface area (TPSA) is 88.1 Å². The Labute approximate surface area is 193 Å². The number of anilines is 1. The first-order valence-electron chi connectivity index (χ1n) is 10.6. The van der Waals surface area contributed by atoms with Gasteiger partial charge in [0.2, 0.25) is 10.0 Å². The summed E-state index contributed by atoms with van der Waals surface area (Å²) in [6.07, 6.45) is 1.51. The molecule has 0 fully saturated rings. The Kier molecular flexibility index (Phi) is 6.46. The molecule has 0 saturated heterocycles. The van der Waals surface area contributed by atoms with E-state index in [-0.39, 0.29) is 5.91 Å². The van der Waals surface area contributed by atoms with Crippen molar-refractivity contribution in [3.8, 4) is 5.75 Å². The molecule has 0 saturated carbocycles. The molecule has 33 heavy (non-hydrogen) atoms. The summed E-state index contributed by atoms with van der Waals surface area (Å²) in [5.74, 6) is 0.449. The lowest BCUT2D eigenvalue weighted by Crippen LogP contribution is -2.27. The first kappa shape index (κ1) is 22.5. The molecule has 1 unspecified atom stereocenters. The van der Waals surface area contributed by atoms with Gasteiger partial charge >= 0.3 is 0 Å². The third-order valence-electron chi connectivity index (χ3n) is 5.25. The first-order valence-corrected chi connectivity index (χ1v) is 12.5. The summed E-state index contributed by atoms with van der Waals surface area (Å²) in [4.78, 5) is 13.5. The van der Waals surface area contributed by atoms with E-state index in [0.29, 0.717) is 41.3 Å². The molecule has 1 heterocycles. The number of hydrazone groups is 1. The molecule has 170 valence electrons. The van der Waals surface area contributed by atoms with E-state index in [2.05, 4.69) is 4.72 Å². The predicted octanol–water partition coefficient (Wildman–Crippen LogP) is 4.45. The third kappa shape index (κ3) is 5.06. The van der Waals surface area contributed by atoms with Crippen LogP contribution in [0.5, 0.6) is 5.75 Å². The van der Waals surface area contributed by atoms with Gasteiger partial charge in [0.25, 0.3) is 5.91 Å². The average Bonchev–Trinajstić information content (AvgIpc) is 3.24. The van der Waals surface area contributed by atoms with Gasteiger partial charge in [0.15, 0.2) is 0 Å². The van der Waals surface area contributed by atoms with Gasteiger partial charge in [-0.1, -0.05) is 54.6 Å². The summed E-state index contributed by atoms with van der Waals surface area (Å²) in [6, 6.07) is 23.2. The number of hydrogen-bond acceptors (Lipinski definition) is 5. The SMILES string of the molecule is CCOc1ccccc1C1CC(c2ccccc2NS(C)(=O)=O)=NN1C(=O)c1ccccc1. The number of sulfonamides is 1. The number of carbonyl (C=O) groups excluding carboxylic acids is 1. The van der Waals surface area contributed by atoms with Crippen LogP contribution in [0.1, 0.15) is 40.9 Å². The van der Waals surface area contributed by atoms with Crippen molar-refractivity contribution in [1.82, 2.24) is 5.01 Å². The zero-order valence-corrected chi connectivity index (χ0v) is 19.2. The molecule has 7 nitrogen and oxygen atoms in total. The quantitative estimate of drug-likeness (QED) is 0.561. The highest BCUT2D eigenvalue weighted by atomic mass is 32.2. The Morgan fingerprint density at radius 2 is 1.70 bits per heavy atom. The van der Waals surface area contributed by atoms with Crippen LogP contribution in [0.3, 0.4) is 0 Å². The maximum absolute atomic E-state index is 13.5. The van der Waals surface area contributed by atoms with Gasteiger partial charge in [0, 0.05) is 23.1 Å². The molecule has 1 aliphatic rings. The van der Waals surface area contributed by atoms with Gasteiger partial charge in [0.1, 0.15) is 5.75 Å². The van der Waals surface area contributed by atoms with Crippen LogP contribution in [0.4, 0.5) is 5.69 Å². The second-order valence-corrected chi connectivity index (χ2v) is 9.42. The highest BCUT2D eigenvalue weighted by Crippen LogP contribution is 2.39. The van der Waals surface area contributed by atoms with E-state index < -0.39 is 16.1 Å². The molecular weight excluding hydrogens is 438 g/mol. The zero-order chi connectivity index (χ0) is 23.4. The third-order valence-corrected chi connectivity index (χ3v) is 5.84. The summed E-state index contributed by atoms with van der Waals surface area (Å²) < 4.78 is 32.2. The average molecular weight is 464 g/mol. The summed E-state index contributed by atoms with van der Waals surface area (Å²) in [5, 5.41) is 6.17. The van der Waals surface area contributed by atoms with Gasteiger partial charge in [-0.3, -0.25) is 9.52 Å². The van der Waals surface area contributed by atoms with Crippen molar-refractivity contribution in [3.05, 3.63) is 95.6 Å². The molecule has 8 heteroatoms. The fourth-order valence-electron chi connectivity index (χ4n) is 3.88. The van der Waals surface area contributed by atoms with E-state index in [4.69, 9.17) is 9.84 Å². The van der Waals surface area contributed by atoms with E-state index in [0.717, 1.165) is 11.8 Å². The summed E-state index contributed by atoms with van der Waals surface area (Å²) >= 11 is 0. The number of amides is 1. The lowest BCUT2D eigenvalue weighted by Gasteiger charge is -2.24. The molecule has 4 rings (SSSR count). The standard InChI is InChI=1S/C25H25N3O4S/c1-3-32-24-16-10-8-14-20(24)23-17-22(19-13-7-9-15-21(19)27-33(2,30)31)26-28(23)25(29)18-11-5-4-6-12-18/h4-16,23,27H,3,17H2,1-2H3. The molecule has 0 radical (unpaired) electrons. The maximum Gasteiger partial charge on any atom is 0.274 e. The van der Waals surface area contributed by atoms with Crippen molar-refractivity contribution >= 4 is 27.3 Å². The van der Waals surface area contributed by atoms with E-state index in [1.165, 1.54) is 5.01 Å². The number of ether oxygens (including phenoxy) is 1. The van der Waals surface area contributed by atoms with Crippen LogP contribution in [0.25, 0.3) is 0 Å². The van der Waals surface area contributed by atoms with Crippen molar-refractivity contribution < 1.29 is 17.9 Å². The Balaban J connectivity index is 1.80. The van der Waals surface area contributed by atoms with E-state index in [1.807, 2.05) is 55.5 Å². The number of benzene rings is 3. The van der Waals surface area contributed by atoms with Crippen molar-refractivity contribution in [2.45, 2.75) is 19.4 Å². The highest BCUT2D eigenvalue weighted by Gasteiger charge is 2.36. The summed E-state index contributed by atoms with van der Waals surface area (Å²) in [6.45, 7) is 2.40. The van der Waals surface area contributed by atoms with Crippen LogP contribution >= 0.6 is 0 Å². The van der Waals surface area contributed by atoms with Crippen molar-refractivity contribution in [2.24, 2.45) is 5.10 Å². The largest absolute Gasteiger partial charge is 0.494 e. The number of para-hydroxylation sites is 2. The molecule has 3 aromatic rings. The van der Waals surface area contributed by atoms with Gasteiger partial charge in [-0.05, 0) is 31.2 Å². The first-order chi connectivity index (χ1) is 15.9. The van der Waals surface area contributed by atoms with Crippen LogP contribution < -0.4 is 9.46 Å². The van der Waals surface area contributed by atoms with E-state index in [9.17, 15) is 13.2 Å². The highest BCUT2D eigenvalue weighted by molar-refractivity contribution is 7.92. The minimum Gasteiger partial charge on any atom is -0.494 e.